The molecule has 0 saturated carbocycles. The van der Waals surface area contributed by atoms with Gasteiger partial charge >= 0.3 is 6.18 Å². The molecule has 1 amide bonds. The van der Waals surface area contributed by atoms with E-state index in [1.807, 2.05) is 24.3 Å². The average molecular weight is 455 g/mol. The van der Waals surface area contributed by atoms with Crippen LogP contribution < -0.4 is 5.32 Å². The molecule has 1 N–H and O–H groups in total. The Bertz CT molecular complexity index is 956. The maximum atomic E-state index is 12.7. The van der Waals surface area contributed by atoms with Gasteiger partial charge in [-0.25, -0.2) is 4.98 Å². The van der Waals surface area contributed by atoms with Gasteiger partial charge in [0.05, 0.1) is 17.7 Å². The molecular formula is C19H14BrF3N2OS. The number of nitrogens with one attached hydrogen (secondary N) is 1. The number of carbonyl (C=O) groups is 1. The molecule has 0 bridgehead atoms. The average Bonchev–Trinajstić information content (AvgIpc) is 3.08. The molecule has 3 nitrogen and oxygen atoms in total. The molecule has 1 heterocycles. The summed E-state index contributed by atoms with van der Waals surface area (Å²) in [4.78, 5) is 16.5. The molecule has 0 unspecified atom stereocenters. The lowest BCUT2D eigenvalue weighted by Gasteiger charge is -2.09. The number of aromatic nitrogens is 1. The molecule has 3 aromatic rings. The smallest absolute Gasteiger partial charge is 0.352 e. The highest BCUT2D eigenvalue weighted by molar-refractivity contribution is 9.10. The Morgan fingerprint density at radius 3 is 2.67 bits per heavy atom. The predicted octanol–water partition coefficient (Wildman–Crippen LogP) is 5.45. The zero-order valence-electron chi connectivity index (χ0n) is 13.9. The zero-order chi connectivity index (χ0) is 19.4. The quantitative estimate of drug-likeness (QED) is 0.556. The monoisotopic (exact) mass is 454 g/mol. The predicted molar refractivity (Wildman–Crippen MR) is 102 cm³/mol. The van der Waals surface area contributed by atoms with E-state index in [0.717, 1.165) is 27.2 Å². The molecule has 140 valence electrons. The van der Waals surface area contributed by atoms with Crippen molar-refractivity contribution in [2.75, 3.05) is 0 Å². The molecular weight excluding hydrogens is 441 g/mol. The van der Waals surface area contributed by atoms with Gasteiger partial charge in [-0.1, -0.05) is 40.2 Å². The van der Waals surface area contributed by atoms with Crippen molar-refractivity contribution < 1.29 is 18.0 Å². The minimum absolute atomic E-state index is 0.0331. The molecule has 0 radical (unpaired) electrons. The van der Waals surface area contributed by atoms with Crippen LogP contribution in [0.1, 0.15) is 16.8 Å². The van der Waals surface area contributed by atoms with Crippen LogP contribution in [0.4, 0.5) is 13.2 Å². The largest absolute Gasteiger partial charge is 0.416 e. The zero-order valence-corrected chi connectivity index (χ0v) is 16.3. The van der Waals surface area contributed by atoms with Crippen LogP contribution in [0.15, 0.2) is 58.4 Å². The van der Waals surface area contributed by atoms with Crippen molar-refractivity contribution in [2.45, 2.75) is 19.1 Å². The minimum atomic E-state index is -4.40. The Labute approximate surface area is 166 Å². The summed E-state index contributed by atoms with van der Waals surface area (Å²) >= 11 is 4.84. The fourth-order valence-electron chi connectivity index (χ4n) is 2.43. The SMILES string of the molecule is O=C(Cc1csc(-c2cccc(Br)c2)n1)NCc1cccc(C(F)(F)F)c1. The molecule has 0 saturated heterocycles. The van der Waals surface area contributed by atoms with Crippen LogP contribution in [0.3, 0.4) is 0 Å². The van der Waals surface area contributed by atoms with E-state index in [9.17, 15) is 18.0 Å². The number of nitrogens with zero attached hydrogens (tertiary/aromatic N) is 1. The fraction of sp³-hybridized carbons (Fsp3) is 0.158. The van der Waals surface area contributed by atoms with Crippen molar-refractivity contribution in [1.29, 1.82) is 0 Å². The number of alkyl halides is 3. The summed E-state index contributed by atoms with van der Waals surface area (Å²) < 4.78 is 39.1. The first-order valence-corrected chi connectivity index (χ1v) is 9.62. The second-order valence-corrected chi connectivity index (χ2v) is 7.58. The lowest BCUT2D eigenvalue weighted by atomic mass is 10.1. The van der Waals surface area contributed by atoms with E-state index < -0.39 is 11.7 Å². The topological polar surface area (TPSA) is 42.0 Å². The highest BCUT2D eigenvalue weighted by atomic mass is 79.9. The van der Waals surface area contributed by atoms with Gasteiger partial charge in [0.1, 0.15) is 5.01 Å². The Hall–Kier alpha value is -2.19. The lowest BCUT2D eigenvalue weighted by Crippen LogP contribution is -2.24. The third-order valence-corrected chi connectivity index (χ3v) is 5.14. The summed E-state index contributed by atoms with van der Waals surface area (Å²) in [7, 11) is 0. The molecule has 3 rings (SSSR count). The number of thiazole rings is 1. The standard InChI is InChI=1S/C19H14BrF3N2OS/c20-15-6-2-4-13(8-15)18-25-16(11-27-18)9-17(26)24-10-12-3-1-5-14(7-12)19(21,22)23/h1-8,11H,9-10H2,(H,24,26). The summed E-state index contributed by atoms with van der Waals surface area (Å²) in [5, 5.41) is 5.24. The molecule has 0 fully saturated rings. The summed E-state index contributed by atoms with van der Waals surface area (Å²) in [6, 6.07) is 12.6. The molecule has 0 aliphatic carbocycles. The normalized spacial score (nSPS) is 11.4. The highest BCUT2D eigenvalue weighted by Gasteiger charge is 2.30. The summed E-state index contributed by atoms with van der Waals surface area (Å²) in [5.74, 6) is -0.293. The van der Waals surface area contributed by atoms with Crippen molar-refractivity contribution in [1.82, 2.24) is 10.3 Å². The fourth-order valence-corrected chi connectivity index (χ4v) is 3.64. The van der Waals surface area contributed by atoms with E-state index >= 15 is 0 Å². The number of amides is 1. The van der Waals surface area contributed by atoms with Crippen LogP contribution in [0.25, 0.3) is 10.6 Å². The van der Waals surface area contributed by atoms with Gasteiger partial charge in [0.25, 0.3) is 0 Å². The van der Waals surface area contributed by atoms with Gasteiger partial charge in [0.15, 0.2) is 0 Å². The first-order valence-electron chi connectivity index (χ1n) is 7.94. The molecule has 0 aliphatic heterocycles. The minimum Gasteiger partial charge on any atom is -0.352 e. The van der Waals surface area contributed by atoms with Crippen molar-refractivity contribution in [3.8, 4) is 10.6 Å². The van der Waals surface area contributed by atoms with E-state index in [4.69, 9.17) is 0 Å². The third-order valence-electron chi connectivity index (χ3n) is 3.71. The summed E-state index contributed by atoms with van der Waals surface area (Å²) in [6.07, 6.45) is -4.33. The van der Waals surface area contributed by atoms with E-state index in [1.54, 1.807) is 11.4 Å². The first kappa shape index (κ1) is 19.6. The van der Waals surface area contributed by atoms with Gasteiger partial charge in [-0.15, -0.1) is 11.3 Å². The Balaban J connectivity index is 1.59. The van der Waals surface area contributed by atoms with Crippen molar-refractivity contribution in [2.24, 2.45) is 0 Å². The van der Waals surface area contributed by atoms with Crippen molar-refractivity contribution in [3.05, 3.63) is 75.2 Å². The maximum absolute atomic E-state index is 12.7. The van der Waals surface area contributed by atoms with Gasteiger partial charge in [-0.3, -0.25) is 4.79 Å². The Morgan fingerprint density at radius 1 is 1.15 bits per heavy atom. The number of halogens is 4. The number of hydrogen-bond acceptors (Lipinski definition) is 3. The van der Waals surface area contributed by atoms with Crippen LogP contribution in [0, 0.1) is 0 Å². The number of benzene rings is 2. The summed E-state index contributed by atoms with van der Waals surface area (Å²) in [6.45, 7) is 0.0331. The first-order chi connectivity index (χ1) is 12.8. The van der Waals surface area contributed by atoms with Gasteiger partial charge in [0.2, 0.25) is 5.91 Å². The van der Waals surface area contributed by atoms with Crippen molar-refractivity contribution in [3.63, 3.8) is 0 Å². The summed E-state index contributed by atoms with van der Waals surface area (Å²) in [5.41, 5.74) is 1.24. The van der Waals surface area contributed by atoms with Crippen LogP contribution in [-0.4, -0.2) is 10.9 Å². The van der Waals surface area contributed by atoms with Crippen LogP contribution in [0.2, 0.25) is 0 Å². The number of carbonyl (C=O) groups excluding carboxylic acids is 1. The Kier molecular flexibility index (Phi) is 5.96. The van der Waals surface area contributed by atoms with Crippen LogP contribution in [0.5, 0.6) is 0 Å². The second-order valence-electron chi connectivity index (χ2n) is 5.81. The van der Waals surface area contributed by atoms with E-state index in [0.29, 0.717) is 11.3 Å². The van der Waals surface area contributed by atoms with Gasteiger partial charge in [-0.2, -0.15) is 13.2 Å². The molecule has 27 heavy (non-hydrogen) atoms. The van der Waals surface area contributed by atoms with E-state index in [-0.39, 0.29) is 18.9 Å². The van der Waals surface area contributed by atoms with E-state index in [2.05, 4.69) is 26.2 Å². The van der Waals surface area contributed by atoms with Crippen molar-refractivity contribution >= 4 is 33.2 Å². The highest BCUT2D eigenvalue weighted by Crippen LogP contribution is 2.29. The van der Waals surface area contributed by atoms with Gasteiger partial charge < -0.3 is 5.32 Å². The second kappa shape index (κ2) is 8.22. The lowest BCUT2D eigenvalue weighted by molar-refractivity contribution is -0.137. The maximum Gasteiger partial charge on any atom is 0.416 e. The molecule has 0 aliphatic rings. The number of hydrogen-bond donors (Lipinski definition) is 1. The van der Waals surface area contributed by atoms with E-state index in [1.165, 1.54) is 17.4 Å². The molecule has 0 atom stereocenters. The molecule has 1 aromatic heterocycles. The molecule has 0 spiro atoms. The third kappa shape index (κ3) is 5.40. The Morgan fingerprint density at radius 2 is 1.93 bits per heavy atom. The molecule has 2 aromatic carbocycles. The van der Waals surface area contributed by atoms with Crippen LogP contribution >= 0.6 is 27.3 Å². The van der Waals surface area contributed by atoms with Crippen LogP contribution in [-0.2, 0) is 23.9 Å². The molecule has 8 heteroatoms. The van der Waals surface area contributed by atoms with Gasteiger partial charge in [0, 0.05) is 22.0 Å². The number of rotatable bonds is 5. The van der Waals surface area contributed by atoms with Gasteiger partial charge in [-0.05, 0) is 29.8 Å².